The lowest BCUT2D eigenvalue weighted by Crippen LogP contribution is -2.38. The van der Waals surface area contributed by atoms with Gasteiger partial charge in [0, 0.05) is 38.1 Å². The maximum Gasteiger partial charge on any atom is 0.417 e. The molecular weight excluding hydrogens is 445 g/mol. The molecule has 0 bridgehead atoms. The number of nitrogens with one attached hydrogen (secondary N) is 1. The summed E-state index contributed by atoms with van der Waals surface area (Å²) < 4.78 is 38.6. The van der Waals surface area contributed by atoms with E-state index in [2.05, 4.69) is 48.1 Å². The first-order chi connectivity index (χ1) is 14.6. The summed E-state index contributed by atoms with van der Waals surface area (Å²) in [6, 6.07) is 7.18. The van der Waals surface area contributed by atoms with Crippen LogP contribution in [0, 0.1) is 6.92 Å². The van der Waals surface area contributed by atoms with E-state index in [-0.39, 0.29) is 5.02 Å². The van der Waals surface area contributed by atoms with E-state index in [1.165, 1.54) is 11.1 Å². The van der Waals surface area contributed by atoms with E-state index >= 15 is 0 Å². The highest BCUT2D eigenvalue weighted by Gasteiger charge is 2.32. The molecule has 2 aromatic rings. The van der Waals surface area contributed by atoms with Crippen LogP contribution in [0.2, 0.25) is 5.02 Å². The number of aryl methyl sites for hydroxylation is 1. The van der Waals surface area contributed by atoms with Crippen molar-refractivity contribution in [3.63, 3.8) is 0 Å². The zero-order chi connectivity index (χ0) is 22.8. The van der Waals surface area contributed by atoms with Gasteiger partial charge in [0.1, 0.15) is 5.82 Å². The molecule has 1 aromatic heterocycles. The molecule has 9 heteroatoms. The van der Waals surface area contributed by atoms with Crippen LogP contribution in [0.3, 0.4) is 0 Å². The smallest absolute Gasteiger partial charge is 0.354 e. The lowest BCUT2D eigenvalue weighted by molar-refractivity contribution is -0.137. The van der Waals surface area contributed by atoms with Crippen molar-refractivity contribution in [1.82, 2.24) is 9.88 Å². The van der Waals surface area contributed by atoms with Gasteiger partial charge in [-0.15, -0.1) is 0 Å². The molecule has 0 aliphatic carbocycles. The van der Waals surface area contributed by atoms with Gasteiger partial charge in [0.15, 0.2) is 5.11 Å². The molecule has 1 aliphatic heterocycles. The Kier molecular flexibility index (Phi) is 7.31. The summed E-state index contributed by atoms with van der Waals surface area (Å²) in [5.74, 6) is 0.832. The predicted octanol–water partition coefficient (Wildman–Crippen LogP) is 6.09. The number of aromatic nitrogens is 1. The van der Waals surface area contributed by atoms with Crippen molar-refractivity contribution in [3.05, 3.63) is 52.2 Å². The number of benzene rings is 1. The van der Waals surface area contributed by atoms with Crippen molar-refractivity contribution < 1.29 is 13.2 Å². The van der Waals surface area contributed by atoms with Crippen LogP contribution in [0.1, 0.15) is 42.9 Å². The number of thiocarbonyl (C=S) groups is 1. The molecule has 0 saturated carbocycles. The minimum Gasteiger partial charge on any atom is -0.354 e. The highest BCUT2D eigenvalue weighted by atomic mass is 35.5. The number of pyridine rings is 1. The summed E-state index contributed by atoms with van der Waals surface area (Å²) in [6.45, 7) is 8.98. The van der Waals surface area contributed by atoms with Crippen LogP contribution in [0.25, 0.3) is 0 Å². The van der Waals surface area contributed by atoms with Crippen LogP contribution in [-0.2, 0) is 6.18 Å². The molecule has 0 radical (unpaired) electrons. The van der Waals surface area contributed by atoms with Crippen LogP contribution >= 0.6 is 23.8 Å². The number of halogens is 4. The monoisotopic (exact) mass is 470 g/mol. The Balaban J connectivity index is 1.65. The van der Waals surface area contributed by atoms with Gasteiger partial charge in [0.05, 0.1) is 10.6 Å². The largest absolute Gasteiger partial charge is 0.417 e. The minimum absolute atomic E-state index is 0.00435. The molecule has 0 amide bonds. The van der Waals surface area contributed by atoms with Gasteiger partial charge in [-0.05, 0) is 60.8 Å². The molecule has 1 saturated heterocycles. The molecule has 1 aliphatic rings. The highest BCUT2D eigenvalue weighted by molar-refractivity contribution is 7.80. The first kappa shape index (κ1) is 23.6. The third-order valence-corrected chi connectivity index (χ3v) is 6.01. The summed E-state index contributed by atoms with van der Waals surface area (Å²) in [7, 11) is 0. The Morgan fingerprint density at radius 1 is 1.16 bits per heavy atom. The van der Waals surface area contributed by atoms with E-state index in [1.807, 2.05) is 11.0 Å². The Morgan fingerprint density at radius 2 is 1.90 bits per heavy atom. The van der Waals surface area contributed by atoms with Gasteiger partial charge in [0.25, 0.3) is 0 Å². The molecule has 168 valence electrons. The second-order valence-corrected chi connectivity index (χ2v) is 8.80. The van der Waals surface area contributed by atoms with Crippen LogP contribution in [0.15, 0.2) is 30.5 Å². The number of rotatable bonds is 3. The van der Waals surface area contributed by atoms with Gasteiger partial charge >= 0.3 is 6.18 Å². The molecule has 1 N–H and O–H groups in total. The highest BCUT2D eigenvalue weighted by Crippen LogP contribution is 2.33. The third-order valence-electron chi connectivity index (χ3n) is 5.37. The van der Waals surface area contributed by atoms with Gasteiger partial charge in [-0.2, -0.15) is 13.2 Å². The van der Waals surface area contributed by atoms with Crippen LogP contribution in [-0.4, -0.2) is 41.2 Å². The van der Waals surface area contributed by atoms with Crippen molar-refractivity contribution in [2.24, 2.45) is 0 Å². The average Bonchev–Trinajstić information content (AvgIpc) is 2.93. The summed E-state index contributed by atoms with van der Waals surface area (Å²) in [5, 5.41) is 3.94. The zero-order valence-corrected chi connectivity index (χ0v) is 19.3. The molecule has 1 aromatic carbocycles. The van der Waals surface area contributed by atoms with Crippen molar-refractivity contribution in [1.29, 1.82) is 0 Å². The maximum absolute atomic E-state index is 12.9. The molecule has 0 atom stereocenters. The van der Waals surface area contributed by atoms with E-state index in [4.69, 9.17) is 23.8 Å². The standard InChI is InChI=1S/C22H26ClF3N4S/c1-14(2)18-6-5-17(11-15(18)3)28-21(31)30-8-4-7-29(9-10-30)20-19(23)12-16(13-27-20)22(24,25)26/h5-6,11-14H,4,7-10H2,1-3H3,(H,28,31). The summed E-state index contributed by atoms with van der Waals surface area (Å²) >= 11 is 11.7. The second-order valence-electron chi connectivity index (χ2n) is 8.01. The molecule has 0 unspecified atom stereocenters. The molecule has 31 heavy (non-hydrogen) atoms. The number of anilines is 2. The second kappa shape index (κ2) is 9.61. The maximum atomic E-state index is 12.9. The molecular formula is C22H26ClF3N4S. The minimum atomic E-state index is -4.46. The van der Waals surface area contributed by atoms with E-state index < -0.39 is 11.7 Å². The average molecular weight is 471 g/mol. The van der Waals surface area contributed by atoms with Crippen molar-refractivity contribution >= 4 is 40.4 Å². The first-order valence-electron chi connectivity index (χ1n) is 10.2. The number of alkyl halides is 3. The fourth-order valence-electron chi connectivity index (χ4n) is 3.75. The molecule has 1 fully saturated rings. The van der Waals surface area contributed by atoms with E-state index in [0.717, 1.165) is 30.9 Å². The molecule has 0 spiro atoms. The third kappa shape index (κ3) is 5.80. The summed E-state index contributed by atoms with van der Waals surface area (Å²) in [4.78, 5) is 7.96. The van der Waals surface area contributed by atoms with E-state index in [0.29, 0.717) is 36.5 Å². The van der Waals surface area contributed by atoms with Gasteiger partial charge in [-0.3, -0.25) is 0 Å². The quantitative estimate of drug-likeness (QED) is 0.548. The van der Waals surface area contributed by atoms with Crippen molar-refractivity contribution in [2.75, 3.05) is 36.4 Å². The van der Waals surface area contributed by atoms with Gasteiger partial charge in [-0.1, -0.05) is 31.5 Å². The van der Waals surface area contributed by atoms with Gasteiger partial charge < -0.3 is 15.1 Å². The normalized spacial score (nSPS) is 15.2. The number of hydrogen-bond donors (Lipinski definition) is 1. The van der Waals surface area contributed by atoms with Gasteiger partial charge in [0.2, 0.25) is 0 Å². The van der Waals surface area contributed by atoms with E-state index in [1.54, 1.807) is 0 Å². The lowest BCUT2D eigenvalue weighted by atomic mass is 9.98. The Morgan fingerprint density at radius 3 is 2.52 bits per heavy atom. The lowest BCUT2D eigenvalue weighted by Gasteiger charge is -2.26. The topological polar surface area (TPSA) is 31.4 Å². The van der Waals surface area contributed by atoms with E-state index in [9.17, 15) is 13.2 Å². The molecule has 2 heterocycles. The fraction of sp³-hybridized carbons (Fsp3) is 0.455. The molecule has 4 nitrogen and oxygen atoms in total. The Hall–Kier alpha value is -2.06. The van der Waals surface area contributed by atoms with Gasteiger partial charge in [-0.25, -0.2) is 4.98 Å². The molecule has 3 rings (SSSR count). The zero-order valence-electron chi connectivity index (χ0n) is 17.8. The van der Waals surface area contributed by atoms with Crippen LogP contribution < -0.4 is 10.2 Å². The first-order valence-corrected chi connectivity index (χ1v) is 11.0. The Bertz CT molecular complexity index is 949. The SMILES string of the molecule is Cc1cc(NC(=S)N2CCCN(c3ncc(C(F)(F)F)cc3Cl)CC2)ccc1C(C)C. The fourth-order valence-corrected chi connectivity index (χ4v) is 4.34. The summed E-state index contributed by atoms with van der Waals surface area (Å²) in [6.07, 6.45) is -2.85. The van der Waals surface area contributed by atoms with Crippen molar-refractivity contribution in [3.8, 4) is 0 Å². The predicted molar refractivity (Wildman–Crippen MR) is 124 cm³/mol. The van der Waals surface area contributed by atoms with Crippen LogP contribution in [0.4, 0.5) is 24.7 Å². The Labute approximate surface area is 191 Å². The van der Waals surface area contributed by atoms with Crippen molar-refractivity contribution in [2.45, 2.75) is 39.3 Å². The van der Waals surface area contributed by atoms with Crippen LogP contribution in [0.5, 0.6) is 0 Å². The number of nitrogens with zero attached hydrogens (tertiary/aromatic N) is 3. The number of hydrogen-bond acceptors (Lipinski definition) is 3. The summed E-state index contributed by atoms with van der Waals surface area (Å²) in [5.41, 5.74) is 2.62.